The molecular formula is C11H17N3O5. The van der Waals surface area contributed by atoms with E-state index >= 15 is 0 Å². The Hall–Kier alpha value is -1.83. The van der Waals surface area contributed by atoms with E-state index in [1.807, 2.05) is 0 Å². The zero-order valence-corrected chi connectivity index (χ0v) is 10.5. The Morgan fingerprint density at radius 1 is 1.32 bits per heavy atom. The van der Waals surface area contributed by atoms with Crippen molar-refractivity contribution >= 4 is 17.9 Å². The first-order chi connectivity index (χ1) is 9.09. The number of morpholine rings is 1. The molecule has 2 aliphatic heterocycles. The number of hydrogen-bond acceptors (Lipinski definition) is 4. The average molecular weight is 271 g/mol. The fraction of sp³-hybridized carbons (Fsp3) is 0.727. The summed E-state index contributed by atoms with van der Waals surface area (Å²) in [6.45, 7) is 2.56. The van der Waals surface area contributed by atoms with Crippen molar-refractivity contribution in [2.45, 2.75) is 12.5 Å². The van der Waals surface area contributed by atoms with Gasteiger partial charge in [0.05, 0.1) is 19.6 Å². The number of carbonyl (C=O) groups is 3. The van der Waals surface area contributed by atoms with E-state index in [-0.39, 0.29) is 12.5 Å². The van der Waals surface area contributed by atoms with Gasteiger partial charge in [-0.05, 0) is 0 Å². The van der Waals surface area contributed by atoms with Gasteiger partial charge in [-0.3, -0.25) is 9.59 Å². The van der Waals surface area contributed by atoms with Crippen LogP contribution in [0.1, 0.15) is 6.42 Å². The summed E-state index contributed by atoms with van der Waals surface area (Å²) in [6.07, 6.45) is -0.373. The molecule has 0 spiro atoms. The third-order valence-corrected chi connectivity index (χ3v) is 3.23. The highest BCUT2D eigenvalue weighted by atomic mass is 16.5. The number of rotatable bonds is 2. The Bertz CT molecular complexity index is 381. The highest BCUT2D eigenvalue weighted by molar-refractivity contribution is 5.91. The van der Waals surface area contributed by atoms with Crippen LogP contribution in [-0.4, -0.2) is 78.2 Å². The lowest BCUT2D eigenvalue weighted by Crippen LogP contribution is -2.61. The van der Waals surface area contributed by atoms with Gasteiger partial charge in [0, 0.05) is 26.2 Å². The molecule has 106 valence electrons. The van der Waals surface area contributed by atoms with Crippen LogP contribution in [0.25, 0.3) is 0 Å². The van der Waals surface area contributed by atoms with Crippen LogP contribution in [0, 0.1) is 0 Å². The number of nitrogens with zero attached hydrogens (tertiary/aromatic N) is 2. The van der Waals surface area contributed by atoms with Crippen LogP contribution in [0.5, 0.6) is 0 Å². The van der Waals surface area contributed by atoms with Crippen molar-refractivity contribution in [3.63, 3.8) is 0 Å². The van der Waals surface area contributed by atoms with Crippen molar-refractivity contribution in [2.75, 3.05) is 39.4 Å². The molecule has 2 heterocycles. The van der Waals surface area contributed by atoms with E-state index in [0.717, 1.165) is 0 Å². The van der Waals surface area contributed by atoms with E-state index in [2.05, 4.69) is 5.32 Å². The predicted octanol–water partition coefficient (Wildman–Crippen LogP) is -1.29. The molecule has 8 heteroatoms. The van der Waals surface area contributed by atoms with E-state index in [4.69, 9.17) is 9.84 Å². The first-order valence-electron chi connectivity index (χ1n) is 6.22. The lowest BCUT2D eigenvalue weighted by Gasteiger charge is -2.38. The predicted molar refractivity (Wildman–Crippen MR) is 63.5 cm³/mol. The van der Waals surface area contributed by atoms with Crippen molar-refractivity contribution in [1.29, 1.82) is 0 Å². The molecule has 0 radical (unpaired) electrons. The van der Waals surface area contributed by atoms with Crippen LogP contribution in [0.4, 0.5) is 4.79 Å². The fourth-order valence-corrected chi connectivity index (χ4v) is 2.25. The van der Waals surface area contributed by atoms with Gasteiger partial charge >= 0.3 is 12.0 Å². The molecule has 2 N–H and O–H groups in total. The Morgan fingerprint density at radius 3 is 2.63 bits per heavy atom. The minimum atomic E-state index is -1.10. The topological polar surface area (TPSA) is 99.2 Å². The Labute approximate surface area is 110 Å². The fourth-order valence-electron chi connectivity index (χ4n) is 2.25. The van der Waals surface area contributed by atoms with Gasteiger partial charge < -0.3 is 25.0 Å². The van der Waals surface area contributed by atoms with Crippen LogP contribution in [0.15, 0.2) is 0 Å². The number of carboxylic acids is 1. The van der Waals surface area contributed by atoms with Gasteiger partial charge in [0.2, 0.25) is 5.91 Å². The van der Waals surface area contributed by atoms with Gasteiger partial charge in [-0.15, -0.1) is 0 Å². The highest BCUT2D eigenvalue weighted by Crippen LogP contribution is 2.13. The van der Waals surface area contributed by atoms with Gasteiger partial charge in [-0.25, -0.2) is 4.79 Å². The Morgan fingerprint density at radius 2 is 2.00 bits per heavy atom. The second-order valence-electron chi connectivity index (χ2n) is 4.48. The van der Waals surface area contributed by atoms with Crippen LogP contribution in [0.3, 0.4) is 0 Å². The van der Waals surface area contributed by atoms with Crippen molar-refractivity contribution < 1.29 is 24.2 Å². The Balaban J connectivity index is 2.07. The van der Waals surface area contributed by atoms with Crippen LogP contribution < -0.4 is 5.32 Å². The summed E-state index contributed by atoms with van der Waals surface area (Å²) in [5.74, 6) is -1.50. The summed E-state index contributed by atoms with van der Waals surface area (Å²) >= 11 is 0. The molecule has 0 aromatic rings. The summed E-state index contributed by atoms with van der Waals surface area (Å²) in [7, 11) is 0. The van der Waals surface area contributed by atoms with E-state index in [1.165, 1.54) is 4.90 Å². The van der Waals surface area contributed by atoms with Crippen LogP contribution in [0.2, 0.25) is 0 Å². The lowest BCUT2D eigenvalue weighted by atomic mass is 10.1. The first kappa shape index (κ1) is 13.6. The van der Waals surface area contributed by atoms with E-state index in [1.54, 1.807) is 4.90 Å². The smallest absolute Gasteiger partial charge is 0.320 e. The highest BCUT2D eigenvalue weighted by Gasteiger charge is 2.36. The SMILES string of the molecule is O=C(O)CC1C(=O)NCCN1C(=O)N1CCOCC1. The minimum Gasteiger partial charge on any atom is -0.481 e. The maximum absolute atomic E-state index is 12.3. The summed E-state index contributed by atoms with van der Waals surface area (Å²) in [5.41, 5.74) is 0. The monoisotopic (exact) mass is 271 g/mol. The molecular weight excluding hydrogens is 254 g/mol. The molecule has 2 aliphatic rings. The van der Waals surface area contributed by atoms with E-state index in [0.29, 0.717) is 39.4 Å². The molecule has 2 saturated heterocycles. The van der Waals surface area contributed by atoms with Crippen molar-refractivity contribution in [3.05, 3.63) is 0 Å². The number of carbonyl (C=O) groups excluding carboxylic acids is 2. The van der Waals surface area contributed by atoms with E-state index in [9.17, 15) is 14.4 Å². The molecule has 3 amide bonds. The molecule has 1 atom stereocenters. The molecule has 0 saturated carbocycles. The number of urea groups is 1. The summed E-state index contributed by atoms with van der Waals surface area (Å²) < 4.78 is 5.16. The number of nitrogens with one attached hydrogen (secondary N) is 1. The lowest BCUT2D eigenvalue weighted by molar-refractivity contribution is -0.142. The van der Waals surface area contributed by atoms with Gasteiger partial charge in [0.25, 0.3) is 0 Å². The van der Waals surface area contributed by atoms with E-state index < -0.39 is 17.9 Å². The normalized spacial score (nSPS) is 24.0. The molecule has 0 bridgehead atoms. The third kappa shape index (κ3) is 3.14. The molecule has 2 rings (SSSR count). The summed E-state index contributed by atoms with van der Waals surface area (Å²) in [5, 5.41) is 11.4. The quantitative estimate of drug-likeness (QED) is 0.651. The van der Waals surface area contributed by atoms with Crippen molar-refractivity contribution in [2.24, 2.45) is 0 Å². The number of amides is 3. The third-order valence-electron chi connectivity index (χ3n) is 3.23. The molecule has 19 heavy (non-hydrogen) atoms. The first-order valence-corrected chi connectivity index (χ1v) is 6.22. The maximum Gasteiger partial charge on any atom is 0.320 e. The molecule has 1 unspecified atom stereocenters. The molecule has 0 aromatic heterocycles. The maximum atomic E-state index is 12.3. The zero-order chi connectivity index (χ0) is 13.8. The number of carboxylic acid groups (broad SMARTS) is 1. The molecule has 2 fully saturated rings. The van der Waals surface area contributed by atoms with Crippen molar-refractivity contribution in [1.82, 2.24) is 15.1 Å². The van der Waals surface area contributed by atoms with Gasteiger partial charge in [0.15, 0.2) is 0 Å². The Kier molecular flexibility index (Phi) is 4.20. The van der Waals surface area contributed by atoms with Gasteiger partial charge in [-0.2, -0.15) is 0 Å². The minimum absolute atomic E-state index is 0.288. The standard InChI is InChI=1S/C11H17N3O5/c15-9(16)7-8-10(17)12-1-2-14(8)11(18)13-3-5-19-6-4-13/h8H,1-7H2,(H,12,17)(H,15,16). The second kappa shape index (κ2) is 5.87. The largest absolute Gasteiger partial charge is 0.481 e. The van der Waals surface area contributed by atoms with Gasteiger partial charge in [0.1, 0.15) is 6.04 Å². The number of hydrogen-bond donors (Lipinski definition) is 2. The number of piperazine rings is 1. The zero-order valence-electron chi connectivity index (χ0n) is 10.5. The number of aliphatic carboxylic acids is 1. The molecule has 0 aliphatic carbocycles. The average Bonchev–Trinajstić information content (AvgIpc) is 2.41. The molecule has 8 nitrogen and oxygen atoms in total. The van der Waals surface area contributed by atoms with Crippen LogP contribution in [-0.2, 0) is 14.3 Å². The molecule has 0 aromatic carbocycles. The summed E-state index contributed by atoms with van der Waals surface area (Å²) in [6, 6.07) is -1.22. The second-order valence-corrected chi connectivity index (χ2v) is 4.48. The summed E-state index contributed by atoms with van der Waals surface area (Å²) in [4.78, 5) is 37.8. The van der Waals surface area contributed by atoms with Gasteiger partial charge in [-0.1, -0.05) is 0 Å². The number of ether oxygens (including phenoxy) is 1. The van der Waals surface area contributed by atoms with Crippen molar-refractivity contribution in [3.8, 4) is 0 Å². The van der Waals surface area contributed by atoms with Crippen LogP contribution >= 0.6 is 0 Å².